The molecule has 3 rings (SSSR count). The summed E-state index contributed by atoms with van der Waals surface area (Å²) in [5, 5.41) is 2.83. The maximum atomic E-state index is 12.8. The van der Waals surface area contributed by atoms with Crippen LogP contribution in [-0.2, 0) is 19.6 Å². The van der Waals surface area contributed by atoms with Crippen LogP contribution in [0.4, 0.5) is 5.69 Å². The van der Waals surface area contributed by atoms with E-state index in [1.165, 1.54) is 28.6 Å². The Balaban J connectivity index is 1.60. The SMILES string of the molecule is Cc1cccc(C(C)C)c1NC(=O)COC(=O)c1ccc(S(=O)(=O)N2CCC(C)CC2)cc1. The lowest BCUT2D eigenvalue weighted by atomic mass is 9.98. The molecule has 1 saturated heterocycles. The van der Waals surface area contributed by atoms with E-state index in [0.29, 0.717) is 19.0 Å². The van der Waals surface area contributed by atoms with Crippen molar-refractivity contribution >= 4 is 27.6 Å². The van der Waals surface area contributed by atoms with E-state index in [1.807, 2.05) is 39.0 Å². The monoisotopic (exact) mass is 472 g/mol. The number of hydrogen-bond donors (Lipinski definition) is 1. The third-order valence-corrected chi connectivity index (χ3v) is 7.91. The maximum absolute atomic E-state index is 12.8. The zero-order valence-corrected chi connectivity index (χ0v) is 20.4. The van der Waals surface area contributed by atoms with Crippen LogP contribution < -0.4 is 5.32 Å². The average molecular weight is 473 g/mol. The Kier molecular flexibility index (Phi) is 7.92. The number of carbonyl (C=O) groups excluding carboxylic acids is 2. The van der Waals surface area contributed by atoms with Gasteiger partial charge in [-0.15, -0.1) is 0 Å². The lowest BCUT2D eigenvalue weighted by Gasteiger charge is -2.29. The van der Waals surface area contributed by atoms with Gasteiger partial charge in [0.25, 0.3) is 5.91 Å². The summed E-state index contributed by atoms with van der Waals surface area (Å²) in [6.45, 7) is 8.68. The van der Waals surface area contributed by atoms with Crippen molar-refractivity contribution in [1.29, 1.82) is 0 Å². The number of ether oxygens (including phenoxy) is 1. The van der Waals surface area contributed by atoms with Gasteiger partial charge in [0.2, 0.25) is 10.0 Å². The first kappa shape index (κ1) is 24.9. The lowest BCUT2D eigenvalue weighted by Crippen LogP contribution is -2.37. The zero-order valence-electron chi connectivity index (χ0n) is 19.6. The molecular formula is C25H32N2O5S. The van der Waals surface area contributed by atoms with E-state index < -0.39 is 28.5 Å². The quantitative estimate of drug-likeness (QED) is 0.606. The molecule has 1 heterocycles. The number of piperidine rings is 1. The summed E-state index contributed by atoms with van der Waals surface area (Å²) < 4.78 is 32.3. The third-order valence-electron chi connectivity index (χ3n) is 6.00. The molecule has 0 atom stereocenters. The van der Waals surface area contributed by atoms with E-state index in [0.717, 1.165) is 29.7 Å². The normalized spacial score (nSPS) is 15.4. The molecule has 1 aliphatic rings. The molecule has 178 valence electrons. The molecule has 1 aliphatic heterocycles. The van der Waals surface area contributed by atoms with E-state index in [1.54, 1.807) is 0 Å². The number of sulfonamides is 1. The molecule has 8 heteroatoms. The Hall–Kier alpha value is -2.71. The number of nitrogens with zero attached hydrogens (tertiary/aromatic N) is 1. The van der Waals surface area contributed by atoms with Crippen molar-refractivity contribution in [3.8, 4) is 0 Å². The van der Waals surface area contributed by atoms with Crippen molar-refractivity contribution in [2.75, 3.05) is 25.0 Å². The molecule has 0 spiro atoms. The number of esters is 1. The fourth-order valence-electron chi connectivity index (χ4n) is 3.87. The van der Waals surface area contributed by atoms with Crippen LogP contribution in [0.25, 0.3) is 0 Å². The smallest absolute Gasteiger partial charge is 0.338 e. The van der Waals surface area contributed by atoms with E-state index in [9.17, 15) is 18.0 Å². The summed E-state index contributed by atoms with van der Waals surface area (Å²) in [6.07, 6.45) is 1.68. The highest BCUT2D eigenvalue weighted by Crippen LogP contribution is 2.27. The number of amides is 1. The third kappa shape index (κ3) is 6.00. The molecule has 2 aromatic rings. The van der Waals surface area contributed by atoms with Gasteiger partial charge >= 0.3 is 5.97 Å². The second kappa shape index (κ2) is 10.5. The highest BCUT2D eigenvalue weighted by atomic mass is 32.2. The van der Waals surface area contributed by atoms with Gasteiger partial charge in [-0.1, -0.05) is 39.0 Å². The lowest BCUT2D eigenvalue weighted by molar-refractivity contribution is -0.119. The predicted octanol–water partition coefficient (Wildman–Crippen LogP) is 4.33. The molecule has 0 aliphatic carbocycles. The molecule has 0 unspecified atom stereocenters. The van der Waals surface area contributed by atoms with Gasteiger partial charge in [0, 0.05) is 18.8 Å². The number of para-hydroxylation sites is 1. The number of benzene rings is 2. The minimum Gasteiger partial charge on any atom is -0.452 e. The van der Waals surface area contributed by atoms with E-state index in [2.05, 4.69) is 12.2 Å². The summed E-state index contributed by atoms with van der Waals surface area (Å²) in [4.78, 5) is 24.9. The standard InChI is InChI=1S/C25H32N2O5S/c1-17(2)22-7-5-6-19(4)24(22)26-23(28)16-32-25(29)20-8-10-21(11-9-20)33(30,31)27-14-12-18(3)13-15-27/h5-11,17-18H,12-16H2,1-4H3,(H,26,28). The average Bonchev–Trinajstić information content (AvgIpc) is 2.79. The van der Waals surface area contributed by atoms with Crippen molar-refractivity contribution in [3.05, 3.63) is 59.2 Å². The molecule has 0 saturated carbocycles. The molecule has 33 heavy (non-hydrogen) atoms. The number of nitrogens with one attached hydrogen (secondary N) is 1. The van der Waals surface area contributed by atoms with E-state index in [-0.39, 0.29) is 16.4 Å². The maximum Gasteiger partial charge on any atom is 0.338 e. The van der Waals surface area contributed by atoms with Gasteiger partial charge in [0.15, 0.2) is 6.61 Å². The van der Waals surface area contributed by atoms with Gasteiger partial charge in [0.05, 0.1) is 10.5 Å². The van der Waals surface area contributed by atoms with Crippen LogP contribution >= 0.6 is 0 Å². The molecule has 0 aromatic heterocycles. The van der Waals surface area contributed by atoms with E-state index >= 15 is 0 Å². The number of aryl methyl sites for hydroxylation is 1. The number of carbonyl (C=O) groups is 2. The number of hydrogen-bond acceptors (Lipinski definition) is 5. The Labute approximate surface area is 196 Å². The largest absolute Gasteiger partial charge is 0.452 e. The van der Waals surface area contributed by atoms with Crippen LogP contribution in [0.1, 0.15) is 61.0 Å². The van der Waals surface area contributed by atoms with E-state index in [4.69, 9.17) is 4.74 Å². The van der Waals surface area contributed by atoms with Gasteiger partial charge in [-0.05, 0) is 67.0 Å². The highest BCUT2D eigenvalue weighted by Gasteiger charge is 2.28. The fraction of sp³-hybridized carbons (Fsp3) is 0.440. The van der Waals surface area contributed by atoms with Gasteiger partial charge < -0.3 is 10.1 Å². The van der Waals surface area contributed by atoms with Crippen LogP contribution in [-0.4, -0.2) is 44.3 Å². The molecule has 1 N–H and O–H groups in total. The van der Waals surface area contributed by atoms with Crippen LogP contribution in [0, 0.1) is 12.8 Å². The van der Waals surface area contributed by atoms with Gasteiger partial charge in [-0.25, -0.2) is 13.2 Å². The molecule has 7 nitrogen and oxygen atoms in total. The number of anilines is 1. The summed E-state index contributed by atoms with van der Waals surface area (Å²) in [6, 6.07) is 11.5. The minimum atomic E-state index is -3.59. The Morgan fingerprint density at radius 2 is 1.73 bits per heavy atom. The first-order valence-corrected chi connectivity index (χ1v) is 12.7. The van der Waals surface area contributed by atoms with Crippen LogP contribution in [0.5, 0.6) is 0 Å². The van der Waals surface area contributed by atoms with Crippen LogP contribution in [0.15, 0.2) is 47.4 Å². The highest BCUT2D eigenvalue weighted by molar-refractivity contribution is 7.89. The molecule has 2 aromatic carbocycles. The summed E-state index contributed by atoms with van der Waals surface area (Å²) in [5.41, 5.74) is 2.86. The molecule has 0 bridgehead atoms. The van der Waals surface area contributed by atoms with Crippen LogP contribution in [0.3, 0.4) is 0 Å². The first-order valence-electron chi connectivity index (χ1n) is 11.3. The first-order chi connectivity index (χ1) is 15.6. The van der Waals surface area contributed by atoms with Crippen molar-refractivity contribution in [1.82, 2.24) is 4.31 Å². The predicted molar refractivity (Wildman–Crippen MR) is 128 cm³/mol. The zero-order chi connectivity index (χ0) is 24.2. The fourth-order valence-corrected chi connectivity index (χ4v) is 5.34. The van der Waals surface area contributed by atoms with Crippen molar-refractivity contribution in [3.63, 3.8) is 0 Å². The van der Waals surface area contributed by atoms with Gasteiger partial charge in [-0.2, -0.15) is 4.31 Å². The second-order valence-corrected chi connectivity index (χ2v) is 10.9. The molecule has 1 amide bonds. The van der Waals surface area contributed by atoms with Crippen molar-refractivity contribution in [2.45, 2.75) is 51.3 Å². The second-order valence-electron chi connectivity index (χ2n) is 8.93. The summed E-state index contributed by atoms with van der Waals surface area (Å²) >= 11 is 0. The van der Waals surface area contributed by atoms with Crippen LogP contribution in [0.2, 0.25) is 0 Å². The molecular weight excluding hydrogens is 440 g/mol. The Bertz CT molecular complexity index is 1100. The number of rotatable bonds is 7. The van der Waals surface area contributed by atoms with Gasteiger partial charge in [-0.3, -0.25) is 4.79 Å². The van der Waals surface area contributed by atoms with Crippen molar-refractivity contribution < 1.29 is 22.7 Å². The van der Waals surface area contributed by atoms with Crippen molar-refractivity contribution in [2.24, 2.45) is 5.92 Å². The summed E-state index contributed by atoms with van der Waals surface area (Å²) in [5.74, 6) is -0.368. The molecule has 0 radical (unpaired) electrons. The summed E-state index contributed by atoms with van der Waals surface area (Å²) in [7, 11) is -3.59. The Morgan fingerprint density at radius 1 is 1.09 bits per heavy atom. The molecule has 1 fully saturated rings. The topological polar surface area (TPSA) is 92.8 Å². The van der Waals surface area contributed by atoms with Gasteiger partial charge in [0.1, 0.15) is 0 Å². The minimum absolute atomic E-state index is 0.145. The Morgan fingerprint density at radius 3 is 2.33 bits per heavy atom.